The van der Waals surface area contributed by atoms with Gasteiger partial charge in [-0.1, -0.05) is 23.7 Å². The van der Waals surface area contributed by atoms with Crippen LogP contribution >= 0.6 is 11.6 Å². The van der Waals surface area contributed by atoms with Crippen molar-refractivity contribution in [1.82, 2.24) is 15.1 Å². The Kier molecular flexibility index (Phi) is 5.16. The Morgan fingerprint density at radius 2 is 2.09 bits per heavy atom. The average Bonchev–Trinajstić information content (AvgIpc) is 2.85. The van der Waals surface area contributed by atoms with Crippen LogP contribution in [0.25, 0.3) is 5.69 Å². The number of aromatic nitrogens is 2. The van der Waals surface area contributed by atoms with Gasteiger partial charge >= 0.3 is 5.97 Å². The molecule has 2 rings (SSSR count). The Hall–Kier alpha value is -2.34. The van der Waals surface area contributed by atoms with Crippen LogP contribution < -0.4 is 5.32 Å². The second kappa shape index (κ2) is 7.09. The third-order valence-electron chi connectivity index (χ3n) is 3.06. The number of benzene rings is 1. The lowest BCUT2D eigenvalue weighted by atomic mass is 10.2. The normalized spacial score (nSPS) is 10.5. The molecule has 1 heterocycles. The third kappa shape index (κ3) is 3.85. The monoisotopic (exact) mass is 321 g/mol. The van der Waals surface area contributed by atoms with E-state index in [9.17, 15) is 9.59 Å². The molecule has 116 valence electrons. The zero-order chi connectivity index (χ0) is 16.1. The van der Waals surface area contributed by atoms with E-state index in [1.54, 1.807) is 23.9 Å². The van der Waals surface area contributed by atoms with Gasteiger partial charge in [0.25, 0.3) is 5.91 Å². The van der Waals surface area contributed by atoms with Crippen LogP contribution in [0.2, 0.25) is 5.02 Å². The van der Waals surface area contributed by atoms with Crippen molar-refractivity contribution in [2.24, 2.45) is 0 Å². The number of halogens is 1. The number of aryl methyl sites for hydroxylation is 1. The zero-order valence-corrected chi connectivity index (χ0v) is 12.8. The fraction of sp³-hybridized carbons (Fsp3) is 0.267. The minimum absolute atomic E-state index is 0.0212. The standard InChI is InChI=1S/C15H16ClN3O3/c1-10-9-19(12-6-3-2-5-11(12)16)18-14(10)15(22)17-8-4-7-13(20)21/h2-3,5-6,9H,4,7-8H2,1H3,(H,17,22)(H,20,21). The van der Waals surface area contributed by atoms with Gasteiger partial charge < -0.3 is 10.4 Å². The highest BCUT2D eigenvalue weighted by atomic mass is 35.5. The molecule has 1 aromatic carbocycles. The Bertz CT molecular complexity index is 697. The van der Waals surface area contributed by atoms with Crippen LogP contribution in [0.5, 0.6) is 0 Å². The first-order valence-corrected chi connectivity index (χ1v) is 7.18. The molecular weight excluding hydrogens is 306 g/mol. The minimum atomic E-state index is -0.881. The van der Waals surface area contributed by atoms with Crippen molar-refractivity contribution in [3.05, 3.63) is 46.7 Å². The minimum Gasteiger partial charge on any atom is -0.481 e. The van der Waals surface area contributed by atoms with E-state index in [-0.39, 0.29) is 12.3 Å². The van der Waals surface area contributed by atoms with Gasteiger partial charge in [-0.2, -0.15) is 5.10 Å². The molecule has 0 saturated carbocycles. The number of hydrogen-bond donors (Lipinski definition) is 2. The first-order chi connectivity index (χ1) is 10.5. The van der Waals surface area contributed by atoms with Crippen molar-refractivity contribution < 1.29 is 14.7 Å². The third-order valence-corrected chi connectivity index (χ3v) is 3.38. The molecule has 0 fully saturated rings. The van der Waals surface area contributed by atoms with Crippen LogP contribution in [0.4, 0.5) is 0 Å². The fourth-order valence-electron chi connectivity index (χ4n) is 1.97. The van der Waals surface area contributed by atoms with Crippen molar-refractivity contribution >= 4 is 23.5 Å². The van der Waals surface area contributed by atoms with Gasteiger partial charge in [-0.3, -0.25) is 9.59 Å². The Morgan fingerprint density at radius 1 is 1.36 bits per heavy atom. The van der Waals surface area contributed by atoms with Gasteiger partial charge in [-0.15, -0.1) is 0 Å². The molecule has 0 aliphatic rings. The van der Waals surface area contributed by atoms with Crippen molar-refractivity contribution in [2.45, 2.75) is 19.8 Å². The van der Waals surface area contributed by atoms with Gasteiger partial charge in [-0.05, 0) is 25.5 Å². The lowest BCUT2D eigenvalue weighted by molar-refractivity contribution is -0.137. The van der Waals surface area contributed by atoms with Gasteiger partial charge in [-0.25, -0.2) is 4.68 Å². The maximum atomic E-state index is 12.1. The second-order valence-corrected chi connectivity index (χ2v) is 5.22. The van der Waals surface area contributed by atoms with Crippen molar-refractivity contribution in [3.63, 3.8) is 0 Å². The quantitative estimate of drug-likeness (QED) is 0.800. The van der Waals surface area contributed by atoms with Crippen molar-refractivity contribution in [2.75, 3.05) is 6.54 Å². The molecule has 7 heteroatoms. The molecule has 0 aliphatic carbocycles. The fourth-order valence-corrected chi connectivity index (χ4v) is 2.19. The first kappa shape index (κ1) is 16.0. The molecule has 1 aromatic heterocycles. The molecule has 0 aliphatic heterocycles. The summed E-state index contributed by atoms with van der Waals surface area (Å²) in [5, 5.41) is 16.0. The van der Waals surface area contributed by atoms with E-state index in [0.717, 1.165) is 5.56 Å². The Balaban J connectivity index is 2.08. The van der Waals surface area contributed by atoms with E-state index in [1.807, 2.05) is 18.2 Å². The van der Waals surface area contributed by atoms with Gasteiger partial charge in [0.2, 0.25) is 0 Å². The van der Waals surface area contributed by atoms with Crippen LogP contribution in [0.3, 0.4) is 0 Å². The van der Waals surface area contributed by atoms with E-state index in [2.05, 4.69) is 10.4 Å². The van der Waals surface area contributed by atoms with E-state index in [0.29, 0.717) is 29.4 Å². The molecular formula is C15H16ClN3O3. The number of carboxylic acid groups (broad SMARTS) is 1. The molecule has 0 saturated heterocycles. The lowest BCUT2D eigenvalue weighted by Gasteiger charge is -2.04. The van der Waals surface area contributed by atoms with Crippen LogP contribution in [0, 0.1) is 6.92 Å². The number of carboxylic acids is 1. The smallest absolute Gasteiger partial charge is 0.303 e. The molecule has 0 unspecified atom stereocenters. The highest BCUT2D eigenvalue weighted by molar-refractivity contribution is 6.32. The summed E-state index contributed by atoms with van der Waals surface area (Å²) in [4.78, 5) is 22.5. The first-order valence-electron chi connectivity index (χ1n) is 6.80. The van der Waals surface area contributed by atoms with Crippen molar-refractivity contribution in [1.29, 1.82) is 0 Å². The summed E-state index contributed by atoms with van der Waals surface area (Å²) in [6.07, 6.45) is 2.13. The lowest BCUT2D eigenvalue weighted by Crippen LogP contribution is -2.26. The number of carbonyl (C=O) groups is 2. The molecule has 0 radical (unpaired) electrons. The molecule has 0 bridgehead atoms. The van der Waals surface area contributed by atoms with Crippen LogP contribution in [-0.4, -0.2) is 33.3 Å². The molecule has 22 heavy (non-hydrogen) atoms. The van der Waals surface area contributed by atoms with E-state index < -0.39 is 5.97 Å². The van der Waals surface area contributed by atoms with Crippen LogP contribution in [0.15, 0.2) is 30.5 Å². The maximum absolute atomic E-state index is 12.1. The summed E-state index contributed by atoms with van der Waals surface area (Å²) < 4.78 is 1.56. The van der Waals surface area contributed by atoms with Crippen molar-refractivity contribution in [3.8, 4) is 5.69 Å². The number of amides is 1. The predicted octanol–water partition coefficient (Wildman–Crippen LogP) is 2.43. The van der Waals surface area contributed by atoms with Gasteiger partial charge in [0, 0.05) is 24.7 Å². The number of nitrogens with zero attached hydrogens (tertiary/aromatic N) is 2. The van der Waals surface area contributed by atoms with Gasteiger partial charge in [0.15, 0.2) is 5.69 Å². The second-order valence-electron chi connectivity index (χ2n) is 4.81. The number of para-hydroxylation sites is 1. The number of carbonyl (C=O) groups excluding carboxylic acids is 1. The van der Waals surface area contributed by atoms with Gasteiger partial charge in [0.05, 0.1) is 10.7 Å². The summed E-state index contributed by atoms with van der Waals surface area (Å²) in [6.45, 7) is 2.08. The maximum Gasteiger partial charge on any atom is 0.303 e. The number of rotatable bonds is 6. The largest absolute Gasteiger partial charge is 0.481 e. The molecule has 2 N–H and O–H groups in total. The Labute approximate surface area is 132 Å². The predicted molar refractivity (Wildman–Crippen MR) is 82.5 cm³/mol. The molecule has 2 aromatic rings. The SMILES string of the molecule is Cc1cn(-c2ccccc2Cl)nc1C(=O)NCCCC(=O)O. The zero-order valence-electron chi connectivity index (χ0n) is 12.0. The highest BCUT2D eigenvalue weighted by Gasteiger charge is 2.15. The topological polar surface area (TPSA) is 84.2 Å². The number of hydrogen-bond acceptors (Lipinski definition) is 3. The summed E-state index contributed by atoms with van der Waals surface area (Å²) in [6, 6.07) is 7.21. The molecule has 1 amide bonds. The summed E-state index contributed by atoms with van der Waals surface area (Å²) in [5.41, 5.74) is 1.71. The summed E-state index contributed by atoms with van der Waals surface area (Å²) >= 11 is 6.12. The highest BCUT2D eigenvalue weighted by Crippen LogP contribution is 2.20. The average molecular weight is 322 g/mol. The van der Waals surface area contributed by atoms with E-state index in [4.69, 9.17) is 16.7 Å². The van der Waals surface area contributed by atoms with E-state index >= 15 is 0 Å². The number of aliphatic carboxylic acids is 1. The Morgan fingerprint density at radius 3 is 2.77 bits per heavy atom. The van der Waals surface area contributed by atoms with Gasteiger partial charge in [0.1, 0.15) is 0 Å². The van der Waals surface area contributed by atoms with Crippen LogP contribution in [0.1, 0.15) is 28.9 Å². The molecule has 0 atom stereocenters. The summed E-state index contributed by atoms with van der Waals surface area (Å²) in [7, 11) is 0. The molecule has 0 spiro atoms. The van der Waals surface area contributed by atoms with Crippen LogP contribution in [-0.2, 0) is 4.79 Å². The summed E-state index contributed by atoms with van der Waals surface area (Å²) in [5.74, 6) is -1.21. The molecule has 6 nitrogen and oxygen atoms in total. The number of nitrogens with one attached hydrogen (secondary N) is 1. The van der Waals surface area contributed by atoms with E-state index in [1.165, 1.54) is 0 Å².